The van der Waals surface area contributed by atoms with Crippen molar-refractivity contribution < 1.29 is 9.50 Å². The van der Waals surface area contributed by atoms with Gasteiger partial charge in [0.15, 0.2) is 0 Å². The molecule has 0 aliphatic heterocycles. The molecule has 1 atom stereocenters. The third-order valence-corrected chi connectivity index (χ3v) is 3.18. The number of rotatable bonds is 4. The second-order valence-electron chi connectivity index (χ2n) is 4.54. The summed E-state index contributed by atoms with van der Waals surface area (Å²) in [6.07, 6.45) is 0.791. The Labute approximate surface area is 107 Å². The van der Waals surface area contributed by atoms with Gasteiger partial charge < -0.3 is 5.11 Å². The molecule has 0 aromatic heterocycles. The summed E-state index contributed by atoms with van der Waals surface area (Å²) in [5, 5.41) is 10.0. The van der Waals surface area contributed by atoms with Gasteiger partial charge in [0.05, 0.1) is 6.10 Å². The molecule has 0 saturated carbocycles. The second-order valence-corrected chi connectivity index (χ2v) is 4.54. The Hall–Kier alpha value is -1.67. The Bertz CT molecular complexity index is 522. The predicted octanol–water partition coefficient (Wildman–Crippen LogP) is 3.80. The first-order valence-corrected chi connectivity index (χ1v) is 6.15. The van der Waals surface area contributed by atoms with E-state index in [0.29, 0.717) is 12.0 Å². The molecule has 1 nitrogen and oxygen atoms in total. The van der Waals surface area contributed by atoms with E-state index in [1.807, 2.05) is 12.1 Å². The van der Waals surface area contributed by atoms with Crippen molar-refractivity contribution in [1.29, 1.82) is 0 Å². The topological polar surface area (TPSA) is 20.2 Å². The Morgan fingerprint density at radius 1 is 1.11 bits per heavy atom. The van der Waals surface area contributed by atoms with Gasteiger partial charge >= 0.3 is 0 Å². The van der Waals surface area contributed by atoms with Crippen molar-refractivity contribution in [2.75, 3.05) is 0 Å². The highest BCUT2D eigenvalue weighted by Crippen LogP contribution is 2.20. The lowest BCUT2D eigenvalue weighted by atomic mass is 9.99. The molecule has 94 valence electrons. The average molecular weight is 244 g/mol. The van der Waals surface area contributed by atoms with Gasteiger partial charge in [-0.15, -0.1) is 0 Å². The number of hydrogen-bond acceptors (Lipinski definition) is 1. The fourth-order valence-corrected chi connectivity index (χ4v) is 2.06. The van der Waals surface area contributed by atoms with Gasteiger partial charge in [-0.2, -0.15) is 0 Å². The molecule has 0 aliphatic rings. The smallest absolute Gasteiger partial charge is 0.123 e. The van der Waals surface area contributed by atoms with Crippen LogP contribution in [0.2, 0.25) is 0 Å². The number of benzene rings is 2. The zero-order valence-electron chi connectivity index (χ0n) is 10.4. The molecular formula is C16H17FO. The highest BCUT2D eigenvalue weighted by Gasteiger charge is 2.09. The molecular weight excluding hydrogens is 227 g/mol. The fourth-order valence-electron chi connectivity index (χ4n) is 2.06. The summed E-state index contributed by atoms with van der Waals surface area (Å²) in [5.74, 6) is -0.303. The lowest BCUT2D eigenvalue weighted by Gasteiger charge is -2.12. The first-order valence-electron chi connectivity index (χ1n) is 6.15. The Kier molecular flexibility index (Phi) is 4.11. The van der Waals surface area contributed by atoms with Gasteiger partial charge in [0.25, 0.3) is 0 Å². The minimum Gasteiger partial charge on any atom is -0.388 e. The van der Waals surface area contributed by atoms with E-state index in [2.05, 4.69) is 19.1 Å². The van der Waals surface area contributed by atoms with Crippen LogP contribution in [0.1, 0.15) is 29.2 Å². The van der Waals surface area contributed by atoms with Gasteiger partial charge in [0, 0.05) is 0 Å². The molecule has 0 radical (unpaired) electrons. The molecule has 0 spiro atoms. The minimum absolute atomic E-state index is 0.303. The van der Waals surface area contributed by atoms with E-state index < -0.39 is 6.10 Å². The molecule has 18 heavy (non-hydrogen) atoms. The Balaban J connectivity index is 2.00. The highest BCUT2D eigenvalue weighted by molar-refractivity contribution is 5.26. The number of aryl methyl sites for hydroxylation is 2. The molecule has 2 heteroatoms. The van der Waals surface area contributed by atoms with Crippen molar-refractivity contribution in [3.63, 3.8) is 0 Å². The highest BCUT2D eigenvalue weighted by atomic mass is 19.1. The third kappa shape index (κ3) is 3.17. The van der Waals surface area contributed by atoms with Crippen LogP contribution in [0.5, 0.6) is 0 Å². The SMILES string of the molecule is Cc1ccccc1CCC(O)c1cccc(F)c1. The minimum atomic E-state index is -0.611. The quantitative estimate of drug-likeness (QED) is 0.867. The van der Waals surface area contributed by atoms with Crippen molar-refractivity contribution >= 4 is 0 Å². The van der Waals surface area contributed by atoms with E-state index in [9.17, 15) is 9.50 Å². The van der Waals surface area contributed by atoms with E-state index in [1.165, 1.54) is 23.3 Å². The van der Waals surface area contributed by atoms with Crippen LogP contribution < -0.4 is 0 Å². The first kappa shape index (κ1) is 12.8. The molecule has 0 saturated heterocycles. The van der Waals surface area contributed by atoms with Crippen molar-refractivity contribution in [2.45, 2.75) is 25.9 Å². The molecule has 2 aromatic carbocycles. The summed E-state index contributed by atoms with van der Waals surface area (Å²) in [7, 11) is 0. The molecule has 1 N–H and O–H groups in total. The zero-order valence-corrected chi connectivity index (χ0v) is 10.4. The normalized spacial score (nSPS) is 12.4. The van der Waals surface area contributed by atoms with Gasteiger partial charge in [0.1, 0.15) is 5.82 Å². The molecule has 2 aromatic rings. The summed E-state index contributed by atoms with van der Waals surface area (Å²) < 4.78 is 13.0. The van der Waals surface area contributed by atoms with Gasteiger partial charge in [-0.1, -0.05) is 36.4 Å². The maximum atomic E-state index is 13.0. The van der Waals surface area contributed by atoms with Crippen LogP contribution in [0.3, 0.4) is 0 Å². The van der Waals surface area contributed by atoms with E-state index in [1.54, 1.807) is 12.1 Å². The lowest BCUT2D eigenvalue weighted by Crippen LogP contribution is -2.01. The second kappa shape index (κ2) is 5.78. The molecule has 0 amide bonds. The average Bonchev–Trinajstić information content (AvgIpc) is 2.37. The van der Waals surface area contributed by atoms with Gasteiger partial charge in [-0.05, 0) is 48.6 Å². The molecule has 0 bridgehead atoms. The summed E-state index contributed by atoms with van der Waals surface area (Å²) >= 11 is 0. The molecule has 1 unspecified atom stereocenters. The van der Waals surface area contributed by atoms with Crippen LogP contribution in [0.25, 0.3) is 0 Å². The molecule has 0 heterocycles. The van der Waals surface area contributed by atoms with Crippen molar-refractivity contribution in [2.24, 2.45) is 0 Å². The van der Waals surface area contributed by atoms with Crippen LogP contribution in [0, 0.1) is 12.7 Å². The van der Waals surface area contributed by atoms with Crippen molar-refractivity contribution in [1.82, 2.24) is 0 Å². The van der Waals surface area contributed by atoms with Crippen LogP contribution in [-0.4, -0.2) is 5.11 Å². The van der Waals surface area contributed by atoms with E-state index in [-0.39, 0.29) is 5.82 Å². The summed E-state index contributed by atoms with van der Waals surface area (Å²) in [4.78, 5) is 0. The largest absolute Gasteiger partial charge is 0.388 e. The first-order chi connectivity index (χ1) is 8.66. The summed E-state index contributed by atoms with van der Waals surface area (Å²) in [6.45, 7) is 2.06. The van der Waals surface area contributed by atoms with Crippen LogP contribution in [0.15, 0.2) is 48.5 Å². The number of aliphatic hydroxyl groups excluding tert-OH is 1. The number of halogens is 1. The zero-order chi connectivity index (χ0) is 13.0. The maximum absolute atomic E-state index is 13.0. The number of aliphatic hydroxyl groups is 1. The predicted molar refractivity (Wildman–Crippen MR) is 70.9 cm³/mol. The summed E-state index contributed by atoms with van der Waals surface area (Å²) in [6, 6.07) is 14.3. The third-order valence-electron chi connectivity index (χ3n) is 3.18. The van der Waals surface area contributed by atoms with E-state index in [0.717, 1.165) is 6.42 Å². The Morgan fingerprint density at radius 2 is 1.89 bits per heavy atom. The molecule has 0 fully saturated rings. The monoisotopic (exact) mass is 244 g/mol. The van der Waals surface area contributed by atoms with Gasteiger partial charge in [0.2, 0.25) is 0 Å². The van der Waals surface area contributed by atoms with Crippen molar-refractivity contribution in [3.8, 4) is 0 Å². The number of hydrogen-bond donors (Lipinski definition) is 1. The molecule has 2 rings (SSSR count). The Morgan fingerprint density at radius 3 is 2.61 bits per heavy atom. The van der Waals surface area contributed by atoms with Crippen LogP contribution in [0.4, 0.5) is 4.39 Å². The van der Waals surface area contributed by atoms with E-state index >= 15 is 0 Å². The lowest BCUT2D eigenvalue weighted by molar-refractivity contribution is 0.167. The van der Waals surface area contributed by atoms with Crippen LogP contribution >= 0.6 is 0 Å². The van der Waals surface area contributed by atoms with E-state index in [4.69, 9.17) is 0 Å². The van der Waals surface area contributed by atoms with Gasteiger partial charge in [-0.3, -0.25) is 0 Å². The maximum Gasteiger partial charge on any atom is 0.123 e. The van der Waals surface area contributed by atoms with Gasteiger partial charge in [-0.25, -0.2) is 4.39 Å². The standard InChI is InChI=1S/C16H17FO/c1-12-5-2-3-6-13(12)9-10-16(18)14-7-4-8-15(17)11-14/h2-8,11,16,18H,9-10H2,1H3. The summed E-state index contributed by atoms with van der Waals surface area (Å²) in [5.41, 5.74) is 3.10. The van der Waals surface area contributed by atoms with Crippen LogP contribution in [-0.2, 0) is 6.42 Å². The molecule has 0 aliphatic carbocycles. The fraction of sp³-hybridized carbons (Fsp3) is 0.250. The van der Waals surface area contributed by atoms with Crippen molar-refractivity contribution in [3.05, 3.63) is 71.0 Å².